The van der Waals surface area contributed by atoms with Crippen molar-refractivity contribution in [3.05, 3.63) is 22.6 Å². The Labute approximate surface area is 115 Å². The van der Waals surface area contributed by atoms with Gasteiger partial charge in [0, 0.05) is 26.2 Å². The van der Waals surface area contributed by atoms with E-state index in [-0.39, 0.29) is 11.6 Å². The molecule has 0 aliphatic carbocycles. The predicted molar refractivity (Wildman–Crippen MR) is 79.7 cm³/mol. The highest BCUT2D eigenvalue weighted by Crippen LogP contribution is 2.06. The van der Waals surface area contributed by atoms with Crippen molar-refractivity contribution in [3.63, 3.8) is 0 Å². The highest BCUT2D eigenvalue weighted by atomic mass is 16.1. The van der Waals surface area contributed by atoms with Crippen LogP contribution >= 0.6 is 0 Å². The third-order valence-corrected chi connectivity index (χ3v) is 3.20. The van der Waals surface area contributed by atoms with Crippen LogP contribution in [0.1, 0.15) is 27.2 Å². The van der Waals surface area contributed by atoms with Crippen LogP contribution in [0.25, 0.3) is 0 Å². The molecule has 0 bridgehead atoms. The van der Waals surface area contributed by atoms with Gasteiger partial charge in [0.2, 0.25) is 0 Å². The second-order valence-electron chi connectivity index (χ2n) is 5.43. The normalized spacial score (nSPS) is 12.7. The van der Waals surface area contributed by atoms with Crippen LogP contribution in [0, 0.1) is 5.92 Å². The summed E-state index contributed by atoms with van der Waals surface area (Å²) < 4.78 is 1.54. The van der Waals surface area contributed by atoms with E-state index in [2.05, 4.69) is 31.2 Å². The fraction of sp³-hybridized carbons (Fsp3) is 0.714. The molecule has 0 aliphatic rings. The van der Waals surface area contributed by atoms with Crippen LogP contribution in [-0.4, -0.2) is 36.5 Å². The lowest BCUT2D eigenvalue weighted by molar-refractivity contribution is 0.337. The van der Waals surface area contributed by atoms with E-state index in [0.717, 1.165) is 18.7 Å². The molecule has 108 valence electrons. The molecule has 19 heavy (non-hydrogen) atoms. The summed E-state index contributed by atoms with van der Waals surface area (Å²) in [5.74, 6) is 0.466. The largest absolute Gasteiger partial charge is 0.376 e. The Bertz CT molecular complexity index is 439. The number of anilines is 1. The van der Waals surface area contributed by atoms with Gasteiger partial charge in [0.05, 0.1) is 18.4 Å². The summed E-state index contributed by atoms with van der Waals surface area (Å²) in [5.41, 5.74) is 0.791. The maximum atomic E-state index is 12.0. The van der Waals surface area contributed by atoms with E-state index in [1.807, 2.05) is 19.0 Å². The van der Waals surface area contributed by atoms with E-state index >= 15 is 0 Å². The molecule has 1 N–H and O–H groups in total. The molecule has 1 unspecified atom stereocenters. The van der Waals surface area contributed by atoms with Gasteiger partial charge in [-0.1, -0.05) is 20.8 Å². The maximum Gasteiger partial charge on any atom is 0.268 e. The first-order chi connectivity index (χ1) is 8.95. The molecule has 0 aromatic carbocycles. The Kier molecular flexibility index (Phi) is 6.02. The zero-order valence-electron chi connectivity index (χ0n) is 12.7. The van der Waals surface area contributed by atoms with Crippen molar-refractivity contribution < 1.29 is 0 Å². The van der Waals surface area contributed by atoms with Crippen LogP contribution in [0.4, 0.5) is 5.69 Å². The Balaban J connectivity index is 2.82. The molecule has 1 atom stereocenters. The Morgan fingerprint density at radius 1 is 1.42 bits per heavy atom. The zero-order chi connectivity index (χ0) is 14.4. The van der Waals surface area contributed by atoms with E-state index in [1.165, 1.54) is 0 Å². The average Bonchev–Trinajstić information content (AvgIpc) is 2.35. The first-order valence-corrected chi connectivity index (χ1v) is 6.93. The van der Waals surface area contributed by atoms with Gasteiger partial charge >= 0.3 is 0 Å². The number of nitrogens with one attached hydrogen (secondary N) is 1. The fourth-order valence-electron chi connectivity index (χ4n) is 1.83. The summed E-state index contributed by atoms with van der Waals surface area (Å²) in [4.78, 5) is 13.9. The number of hydrogen-bond acceptors (Lipinski definition) is 4. The maximum absolute atomic E-state index is 12.0. The molecular formula is C14H26N4O. The van der Waals surface area contributed by atoms with Gasteiger partial charge in [-0.2, -0.15) is 5.10 Å². The fourth-order valence-corrected chi connectivity index (χ4v) is 1.83. The van der Waals surface area contributed by atoms with Crippen LogP contribution in [0.15, 0.2) is 17.1 Å². The zero-order valence-corrected chi connectivity index (χ0v) is 12.7. The van der Waals surface area contributed by atoms with Crippen LogP contribution in [0.5, 0.6) is 0 Å². The van der Waals surface area contributed by atoms with Crippen LogP contribution in [0.2, 0.25) is 0 Å². The lowest BCUT2D eigenvalue weighted by Gasteiger charge is -2.23. The predicted octanol–water partition coefficient (Wildman–Crippen LogP) is 1.33. The van der Waals surface area contributed by atoms with Crippen LogP contribution < -0.4 is 15.8 Å². The summed E-state index contributed by atoms with van der Waals surface area (Å²) in [7, 11) is 3.81. The molecule has 0 saturated carbocycles. The minimum absolute atomic E-state index is 0.0462. The van der Waals surface area contributed by atoms with Gasteiger partial charge in [0.1, 0.15) is 0 Å². The van der Waals surface area contributed by atoms with Gasteiger partial charge in [-0.15, -0.1) is 0 Å². The standard InChI is InChI=1S/C14H26N4O/c1-6-7-15-13(11(2)3)10-18-14(19)8-12(9-16-18)17(4)5/h8-9,11,13,15H,6-7,10H2,1-5H3. The summed E-state index contributed by atoms with van der Waals surface area (Å²) in [6.45, 7) is 8.04. The van der Waals surface area contributed by atoms with Gasteiger partial charge in [0.25, 0.3) is 5.56 Å². The highest BCUT2D eigenvalue weighted by Gasteiger charge is 2.14. The smallest absolute Gasteiger partial charge is 0.268 e. The van der Waals surface area contributed by atoms with E-state index < -0.39 is 0 Å². The number of nitrogens with zero attached hydrogens (tertiary/aromatic N) is 3. The monoisotopic (exact) mass is 266 g/mol. The van der Waals surface area contributed by atoms with E-state index in [1.54, 1.807) is 16.9 Å². The number of hydrogen-bond donors (Lipinski definition) is 1. The molecule has 0 fully saturated rings. The van der Waals surface area contributed by atoms with Gasteiger partial charge in [-0.3, -0.25) is 4.79 Å². The molecule has 1 heterocycles. The van der Waals surface area contributed by atoms with Gasteiger partial charge < -0.3 is 10.2 Å². The first-order valence-electron chi connectivity index (χ1n) is 6.93. The lowest BCUT2D eigenvalue weighted by Crippen LogP contribution is -2.41. The second kappa shape index (κ2) is 7.28. The molecule has 5 nitrogen and oxygen atoms in total. The Morgan fingerprint density at radius 3 is 2.58 bits per heavy atom. The molecular weight excluding hydrogens is 240 g/mol. The molecule has 0 radical (unpaired) electrons. The molecule has 1 aromatic heterocycles. The molecule has 0 spiro atoms. The van der Waals surface area contributed by atoms with Crippen molar-refractivity contribution in [1.29, 1.82) is 0 Å². The average molecular weight is 266 g/mol. The molecule has 5 heteroatoms. The topological polar surface area (TPSA) is 50.2 Å². The first kappa shape index (κ1) is 15.7. The molecule has 1 rings (SSSR count). The van der Waals surface area contributed by atoms with E-state index in [0.29, 0.717) is 12.5 Å². The van der Waals surface area contributed by atoms with Gasteiger partial charge in [0.15, 0.2) is 0 Å². The lowest BCUT2D eigenvalue weighted by atomic mass is 10.0. The quantitative estimate of drug-likeness (QED) is 0.809. The van der Waals surface area contributed by atoms with Crippen LogP contribution in [-0.2, 0) is 6.54 Å². The van der Waals surface area contributed by atoms with Crippen LogP contribution in [0.3, 0.4) is 0 Å². The minimum Gasteiger partial charge on any atom is -0.376 e. The minimum atomic E-state index is -0.0462. The summed E-state index contributed by atoms with van der Waals surface area (Å²) in [5, 5.41) is 7.72. The van der Waals surface area contributed by atoms with Crippen molar-refractivity contribution in [2.75, 3.05) is 25.5 Å². The summed E-state index contributed by atoms with van der Waals surface area (Å²) >= 11 is 0. The van der Waals surface area contributed by atoms with Gasteiger partial charge in [-0.25, -0.2) is 4.68 Å². The molecule has 0 aliphatic heterocycles. The van der Waals surface area contributed by atoms with Crippen molar-refractivity contribution in [2.45, 2.75) is 39.8 Å². The molecule has 0 amide bonds. The second-order valence-corrected chi connectivity index (χ2v) is 5.43. The number of aromatic nitrogens is 2. The highest BCUT2D eigenvalue weighted by molar-refractivity contribution is 5.40. The molecule has 0 saturated heterocycles. The number of rotatable bonds is 7. The van der Waals surface area contributed by atoms with E-state index in [4.69, 9.17) is 0 Å². The van der Waals surface area contributed by atoms with Crippen molar-refractivity contribution in [1.82, 2.24) is 15.1 Å². The third-order valence-electron chi connectivity index (χ3n) is 3.20. The Hall–Kier alpha value is -1.36. The summed E-state index contributed by atoms with van der Waals surface area (Å²) in [6, 6.07) is 1.90. The van der Waals surface area contributed by atoms with Crippen molar-refractivity contribution >= 4 is 5.69 Å². The van der Waals surface area contributed by atoms with Crippen molar-refractivity contribution in [2.24, 2.45) is 5.92 Å². The van der Waals surface area contributed by atoms with E-state index in [9.17, 15) is 4.79 Å². The summed E-state index contributed by atoms with van der Waals surface area (Å²) in [6.07, 6.45) is 2.82. The molecule has 1 aromatic rings. The Morgan fingerprint density at radius 2 is 2.11 bits per heavy atom. The SMILES string of the molecule is CCCNC(Cn1ncc(N(C)C)cc1=O)C(C)C. The van der Waals surface area contributed by atoms with Gasteiger partial charge in [-0.05, 0) is 18.9 Å². The van der Waals surface area contributed by atoms with Crippen molar-refractivity contribution in [3.8, 4) is 0 Å². The third kappa shape index (κ3) is 4.67.